The molecule has 0 aromatic carbocycles. The molecule has 0 saturated heterocycles. The predicted molar refractivity (Wildman–Crippen MR) is 66.9 cm³/mol. The number of nitrogen functional groups attached to an aromatic ring is 1. The molecule has 0 atom stereocenters. The van der Waals surface area contributed by atoms with Gasteiger partial charge in [0.15, 0.2) is 0 Å². The second-order valence-electron chi connectivity index (χ2n) is 4.58. The Morgan fingerprint density at radius 3 is 2.53 bits per heavy atom. The first-order valence-electron chi connectivity index (χ1n) is 5.01. The summed E-state index contributed by atoms with van der Waals surface area (Å²) in [4.78, 5) is 11.4. The number of hydrogen-bond acceptors (Lipinski definition) is 2. The van der Waals surface area contributed by atoms with Gasteiger partial charge in [0, 0.05) is 18.9 Å². The maximum atomic E-state index is 11.4. The highest BCUT2D eigenvalue weighted by atomic mass is 79.9. The molecule has 0 amide bonds. The van der Waals surface area contributed by atoms with Gasteiger partial charge in [-0.3, -0.25) is 4.79 Å². The minimum atomic E-state index is -0.138. The lowest BCUT2D eigenvalue weighted by Gasteiger charge is -2.24. The average Bonchev–Trinajstić information content (AvgIpc) is 2.13. The first-order chi connectivity index (χ1) is 6.85. The number of nitrogens with zero attached hydrogens (tertiary/aromatic N) is 1. The van der Waals surface area contributed by atoms with Crippen molar-refractivity contribution in [3.8, 4) is 0 Å². The van der Waals surface area contributed by atoms with Crippen molar-refractivity contribution in [2.75, 3.05) is 5.73 Å². The Morgan fingerprint density at radius 2 is 2.07 bits per heavy atom. The molecule has 2 N–H and O–H groups in total. The number of rotatable bonds is 3. The molecule has 4 heteroatoms. The molecule has 0 aliphatic heterocycles. The van der Waals surface area contributed by atoms with E-state index in [1.54, 1.807) is 12.4 Å². The molecule has 0 fully saturated rings. The van der Waals surface area contributed by atoms with Crippen LogP contribution >= 0.6 is 15.9 Å². The third-order valence-corrected chi connectivity index (χ3v) is 3.20. The zero-order valence-corrected chi connectivity index (χ0v) is 11.0. The van der Waals surface area contributed by atoms with Crippen LogP contribution in [0.4, 0.5) is 5.69 Å². The van der Waals surface area contributed by atoms with Crippen LogP contribution in [0.3, 0.4) is 0 Å². The van der Waals surface area contributed by atoms with Crippen LogP contribution in [0.2, 0.25) is 0 Å². The van der Waals surface area contributed by atoms with Crippen molar-refractivity contribution in [2.24, 2.45) is 5.41 Å². The summed E-state index contributed by atoms with van der Waals surface area (Å²) in [7, 11) is 0. The second-order valence-corrected chi connectivity index (χ2v) is 5.44. The lowest BCUT2D eigenvalue weighted by molar-refractivity contribution is 0.294. The van der Waals surface area contributed by atoms with Crippen LogP contribution < -0.4 is 11.2 Å². The van der Waals surface area contributed by atoms with Gasteiger partial charge in [-0.05, 0) is 27.8 Å². The largest absolute Gasteiger partial charge is 0.394 e. The summed E-state index contributed by atoms with van der Waals surface area (Å²) in [5.74, 6) is 0. The van der Waals surface area contributed by atoms with E-state index in [1.165, 1.54) is 0 Å². The van der Waals surface area contributed by atoms with Gasteiger partial charge in [-0.2, -0.15) is 0 Å². The van der Waals surface area contributed by atoms with Crippen molar-refractivity contribution in [3.05, 3.63) is 27.1 Å². The molecule has 15 heavy (non-hydrogen) atoms. The van der Waals surface area contributed by atoms with Crippen molar-refractivity contribution in [3.63, 3.8) is 0 Å². The molecule has 0 aliphatic rings. The van der Waals surface area contributed by atoms with Crippen molar-refractivity contribution in [1.82, 2.24) is 4.57 Å². The molecule has 0 aliphatic carbocycles. The molecule has 3 nitrogen and oxygen atoms in total. The van der Waals surface area contributed by atoms with Gasteiger partial charge in [0.25, 0.3) is 0 Å². The lowest BCUT2D eigenvalue weighted by Crippen LogP contribution is -2.21. The van der Waals surface area contributed by atoms with E-state index in [4.69, 9.17) is 5.73 Å². The quantitative estimate of drug-likeness (QED) is 0.920. The van der Waals surface area contributed by atoms with Crippen LogP contribution in [0.15, 0.2) is 21.7 Å². The number of anilines is 1. The molecule has 0 saturated carbocycles. The highest BCUT2D eigenvalue weighted by Gasteiger charge is 2.16. The Hall–Kier alpha value is -0.770. The summed E-state index contributed by atoms with van der Waals surface area (Å²) in [6.07, 6.45) is 4.57. The van der Waals surface area contributed by atoms with Gasteiger partial charge < -0.3 is 10.3 Å². The van der Waals surface area contributed by atoms with Gasteiger partial charge in [-0.15, -0.1) is 0 Å². The SMILES string of the molecule is CCC(C)(C)Cn1cc(N)c(=O)c(Br)c1. The van der Waals surface area contributed by atoms with Gasteiger partial charge in [-0.1, -0.05) is 20.8 Å². The van der Waals surface area contributed by atoms with Crippen molar-refractivity contribution < 1.29 is 0 Å². The monoisotopic (exact) mass is 272 g/mol. The zero-order chi connectivity index (χ0) is 11.6. The number of halogens is 1. The molecular weight excluding hydrogens is 256 g/mol. The summed E-state index contributed by atoms with van der Waals surface area (Å²) in [5.41, 5.74) is 5.98. The number of hydrogen-bond donors (Lipinski definition) is 1. The average molecular weight is 273 g/mol. The van der Waals surface area contributed by atoms with Crippen molar-refractivity contribution >= 4 is 21.6 Å². The van der Waals surface area contributed by atoms with E-state index >= 15 is 0 Å². The molecule has 0 radical (unpaired) electrons. The van der Waals surface area contributed by atoms with E-state index in [0.717, 1.165) is 13.0 Å². The summed E-state index contributed by atoms with van der Waals surface area (Å²) < 4.78 is 2.49. The maximum absolute atomic E-state index is 11.4. The van der Waals surface area contributed by atoms with Crippen molar-refractivity contribution in [2.45, 2.75) is 33.7 Å². The Labute approximate surface area is 98.4 Å². The molecule has 1 heterocycles. The van der Waals surface area contributed by atoms with E-state index in [9.17, 15) is 4.79 Å². The number of pyridine rings is 1. The molecular formula is C11H17BrN2O. The van der Waals surface area contributed by atoms with Gasteiger partial charge in [-0.25, -0.2) is 0 Å². The molecule has 1 aromatic rings. The summed E-state index contributed by atoms with van der Waals surface area (Å²) in [6.45, 7) is 7.39. The molecule has 0 spiro atoms. The highest BCUT2D eigenvalue weighted by Crippen LogP contribution is 2.22. The molecule has 84 valence electrons. The fourth-order valence-electron chi connectivity index (χ4n) is 1.31. The van der Waals surface area contributed by atoms with Crippen LogP contribution in [0.5, 0.6) is 0 Å². The summed E-state index contributed by atoms with van der Waals surface area (Å²) >= 11 is 3.21. The van der Waals surface area contributed by atoms with E-state index in [2.05, 4.69) is 36.7 Å². The molecule has 1 rings (SSSR count). The Balaban J connectivity index is 3.03. The maximum Gasteiger partial charge on any atom is 0.218 e. The lowest BCUT2D eigenvalue weighted by atomic mass is 9.90. The van der Waals surface area contributed by atoms with Crippen molar-refractivity contribution in [1.29, 1.82) is 0 Å². The van der Waals surface area contributed by atoms with Gasteiger partial charge in [0.2, 0.25) is 5.43 Å². The van der Waals surface area contributed by atoms with E-state index in [1.807, 2.05) is 4.57 Å². The van der Waals surface area contributed by atoms with E-state index < -0.39 is 0 Å². The molecule has 0 bridgehead atoms. The van der Waals surface area contributed by atoms with E-state index in [-0.39, 0.29) is 16.5 Å². The Bertz CT molecular complexity index is 383. The minimum absolute atomic E-state index is 0.138. The van der Waals surface area contributed by atoms with Crippen LogP contribution in [0.1, 0.15) is 27.2 Å². The zero-order valence-electron chi connectivity index (χ0n) is 9.38. The first-order valence-corrected chi connectivity index (χ1v) is 5.80. The van der Waals surface area contributed by atoms with E-state index in [0.29, 0.717) is 4.47 Å². The molecule has 0 unspecified atom stereocenters. The van der Waals surface area contributed by atoms with Crippen LogP contribution in [0.25, 0.3) is 0 Å². The number of nitrogens with two attached hydrogens (primary N) is 1. The van der Waals surface area contributed by atoms with Gasteiger partial charge in [0.1, 0.15) is 0 Å². The number of aromatic nitrogens is 1. The summed E-state index contributed by atoms with van der Waals surface area (Å²) in [5, 5.41) is 0. The smallest absolute Gasteiger partial charge is 0.218 e. The fraction of sp³-hybridized carbons (Fsp3) is 0.545. The normalized spacial score (nSPS) is 11.7. The Morgan fingerprint density at radius 1 is 1.47 bits per heavy atom. The highest BCUT2D eigenvalue weighted by molar-refractivity contribution is 9.10. The van der Waals surface area contributed by atoms with Crippen LogP contribution in [-0.4, -0.2) is 4.57 Å². The first kappa shape index (κ1) is 12.3. The summed E-state index contributed by atoms with van der Waals surface area (Å²) in [6, 6.07) is 0. The Kier molecular flexibility index (Phi) is 3.60. The van der Waals surface area contributed by atoms with Gasteiger partial charge in [0.05, 0.1) is 10.2 Å². The third kappa shape index (κ3) is 3.09. The fourth-order valence-corrected chi connectivity index (χ4v) is 1.81. The second kappa shape index (κ2) is 4.39. The molecule has 1 aromatic heterocycles. The van der Waals surface area contributed by atoms with Crippen LogP contribution in [-0.2, 0) is 6.54 Å². The minimum Gasteiger partial charge on any atom is -0.394 e. The predicted octanol–water partition coefficient (Wildman–Crippen LogP) is 2.63. The standard InChI is InChI=1S/C11H17BrN2O/c1-4-11(2,3)7-14-5-8(12)10(15)9(13)6-14/h5-6H,4,7,13H2,1-3H3. The van der Waals surface area contributed by atoms with Crippen LogP contribution in [0, 0.1) is 5.41 Å². The third-order valence-electron chi connectivity index (χ3n) is 2.63. The topological polar surface area (TPSA) is 48.0 Å². The van der Waals surface area contributed by atoms with Gasteiger partial charge >= 0.3 is 0 Å².